The highest BCUT2D eigenvalue weighted by Gasteiger charge is 2.09. The standard InChI is InChI=1S/C14H19ClN2O/c1-2-5-11(8-9-15)10-16-14-17-12-6-3-4-7-13(12)18-14/h3-4,6-7,11H,2,5,8-10H2,1H3,(H,16,17). The molecule has 0 bridgehead atoms. The van der Waals surface area contributed by atoms with Crippen LogP contribution in [0.15, 0.2) is 28.7 Å². The first-order valence-corrected chi connectivity index (χ1v) is 7.02. The van der Waals surface area contributed by atoms with Gasteiger partial charge in [-0.2, -0.15) is 4.98 Å². The van der Waals surface area contributed by atoms with E-state index in [1.807, 2.05) is 24.3 Å². The molecule has 0 spiro atoms. The van der Waals surface area contributed by atoms with Crippen LogP contribution in [0.5, 0.6) is 0 Å². The van der Waals surface area contributed by atoms with Gasteiger partial charge >= 0.3 is 0 Å². The molecule has 0 aliphatic heterocycles. The largest absolute Gasteiger partial charge is 0.424 e. The van der Waals surface area contributed by atoms with E-state index in [0.29, 0.717) is 17.8 Å². The van der Waals surface area contributed by atoms with Crippen molar-refractivity contribution in [1.29, 1.82) is 0 Å². The van der Waals surface area contributed by atoms with E-state index in [1.54, 1.807) is 0 Å². The Labute approximate surface area is 113 Å². The van der Waals surface area contributed by atoms with Gasteiger partial charge in [-0.05, 0) is 30.9 Å². The molecule has 0 aliphatic rings. The van der Waals surface area contributed by atoms with Crippen LogP contribution >= 0.6 is 11.6 Å². The van der Waals surface area contributed by atoms with Crippen LogP contribution in [0, 0.1) is 5.92 Å². The molecule has 0 saturated heterocycles. The fraction of sp³-hybridized carbons (Fsp3) is 0.500. The highest BCUT2D eigenvalue weighted by Crippen LogP contribution is 2.19. The molecule has 0 amide bonds. The number of nitrogens with zero attached hydrogens (tertiary/aromatic N) is 1. The summed E-state index contributed by atoms with van der Waals surface area (Å²) in [5, 5.41) is 3.27. The molecule has 2 aromatic rings. The van der Waals surface area contributed by atoms with Gasteiger partial charge in [0.2, 0.25) is 0 Å². The Balaban J connectivity index is 1.95. The van der Waals surface area contributed by atoms with E-state index in [2.05, 4.69) is 17.2 Å². The monoisotopic (exact) mass is 266 g/mol. The summed E-state index contributed by atoms with van der Waals surface area (Å²) in [6, 6.07) is 8.39. The van der Waals surface area contributed by atoms with E-state index >= 15 is 0 Å². The number of alkyl halides is 1. The van der Waals surface area contributed by atoms with Crippen LogP contribution in [-0.2, 0) is 0 Å². The summed E-state index contributed by atoms with van der Waals surface area (Å²) < 4.78 is 5.62. The maximum absolute atomic E-state index is 5.81. The Bertz CT molecular complexity index is 444. The predicted molar refractivity (Wildman–Crippen MR) is 76.2 cm³/mol. The van der Waals surface area contributed by atoms with E-state index in [-0.39, 0.29) is 0 Å². The molecule has 1 aromatic carbocycles. The molecule has 1 heterocycles. The fourth-order valence-corrected chi connectivity index (χ4v) is 2.40. The summed E-state index contributed by atoms with van der Waals surface area (Å²) in [5.74, 6) is 1.29. The molecular weight excluding hydrogens is 248 g/mol. The van der Waals surface area contributed by atoms with Crippen LogP contribution in [0.2, 0.25) is 0 Å². The third-order valence-electron chi connectivity index (χ3n) is 3.05. The number of rotatable bonds is 7. The van der Waals surface area contributed by atoms with Crippen LogP contribution < -0.4 is 5.32 Å². The SMILES string of the molecule is CCCC(CCCl)CNc1nc2ccccc2o1. The fourth-order valence-electron chi connectivity index (χ4n) is 2.09. The summed E-state index contributed by atoms with van der Waals surface area (Å²) in [6.45, 7) is 3.06. The van der Waals surface area contributed by atoms with Crippen LogP contribution in [0.3, 0.4) is 0 Å². The molecule has 1 unspecified atom stereocenters. The number of hydrogen-bond acceptors (Lipinski definition) is 3. The Morgan fingerprint density at radius 1 is 1.33 bits per heavy atom. The second kappa shape index (κ2) is 6.64. The average molecular weight is 267 g/mol. The van der Waals surface area contributed by atoms with Crippen LogP contribution in [0.25, 0.3) is 11.1 Å². The minimum Gasteiger partial charge on any atom is -0.424 e. The number of aromatic nitrogens is 1. The van der Waals surface area contributed by atoms with Crippen molar-refractivity contribution in [2.24, 2.45) is 5.92 Å². The molecule has 18 heavy (non-hydrogen) atoms. The summed E-state index contributed by atoms with van der Waals surface area (Å²) in [5.41, 5.74) is 1.72. The molecule has 0 aliphatic carbocycles. The zero-order chi connectivity index (χ0) is 12.8. The maximum Gasteiger partial charge on any atom is 0.295 e. The van der Waals surface area contributed by atoms with Gasteiger partial charge in [-0.1, -0.05) is 25.5 Å². The van der Waals surface area contributed by atoms with Crippen LogP contribution in [0.1, 0.15) is 26.2 Å². The van der Waals surface area contributed by atoms with Crippen molar-refractivity contribution in [2.75, 3.05) is 17.7 Å². The van der Waals surface area contributed by atoms with Gasteiger partial charge in [-0.25, -0.2) is 0 Å². The first kappa shape index (κ1) is 13.2. The van der Waals surface area contributed by atoms with Crippen molar-refractivity contribution in [1.82, 2.24) is 4.98 Å². The smallest absolute Gasteiger partial charge is 0.295 e. The molecule has 2 rings (SSSR count). The highest BCUT2D eigenvalue weighted by molar-refractivity contribution is 6.17. The number of hydrogen-bond donors (Lipinski definition) is 1. The minimum atomic E-state index is 0.586. The molecule has 1 atom stereocenters. The van der Waals surface area contributed by atoms with E-state index in [9.17, 15) is 0 Å². The van der Waals surface area contributed by atoms with E-state index in [4.69, 9.17) is 16.0 Å². The lowest BCUT2D eigenvalue weighted by Crippen LogP contribution is -2.15. The molecule has 1 aromatic heterocycles. The van der Waals surface area contributed by atoms with E-state index < -0.39 is 0 Å². The summed E-state index contributed by atoms with van der Waals surface area (Å²) in [6.07, 6.45) is 3.39. The number of oxazole rings is 1. The topological polar surface area (TPSA) is 38.1 Å². The van der Waals surface area contributed by atoms with E-state index in [1.165, 1.54) is 12.8 Å². The predicted octanol–water partition coefficient (Wildman–Crippen LogP) is 4.28. The Morgan fingerprint density at radius 2 is 2.17 bits per heavy atom. The van der Waals surface area contributed by atoms with Gasteiger partial charge in [-0.3, -0.25) is 0 Å². The average Bonchev–Trinajstić information content (AvgIpc) is 2.79. The normalized spacial score (nSPS) is 12.8. The van der Waals surface area contributed by atoms with Crippen molar-refractivity contribution in [3.05, 3.63) is 24.3 Å². The Hall–Kier alpha value is -1.22. The number of benzene rings is 1. The van der Waals surface area contributed by atoms with Crippen molar-refractivity contribution in [3.63, 3.8) is 0 Å². The highest BCUT2D eigenvalue weighted by atomic mass is 35.5. The number of anilines is 1. The van der Waals surface area contributed by atoms with Gasteiger partial charge in [0.15, 0.2) is 5.58 Å². The van der Waals surface area contributed by atoms with Crippen LogP contribution in [0.4, 0.5) is 6.01 Å². The molecule has 4 heteroatoms. The quantitative estimate of drug-likeness (QED) is 0.760. The molecule has 0 radical (unpaired) electrons. The summed E-state index contributed by atoms with van der Waals surface area (Å²) in [4.78, 5) is 4.39. The second-order valence-corrected chi connectivity index (χ2v) is 4.88. The number of nitrogens with one attached hydrogen (secondary N) is 1. The summed E-state index contributed by atoms with van der Waals surface area (Å²) >= 11 is 5.81. The number of para-hydroxylation sites is 2. The Morgan fingerprint density at radius 3 is 2.89 bits per heavy atom. The zero-order valence-electron chi connectivity index (χ0n) is 10.7. The molecule has 0 fully saturated rings. The van der Waals surface area contributed by atoms with Gasteiger partial charge in [-0.15, -0.1) is 11.6 Å². The first-order chi connectivity index (χ1) is 8.83. The molecule has 0 saturated carbocycles. The van der Waals surface area contributed by atoms with Crippen molar-refractivity contribution < 1.29 is 4.42 Å². The third kappa shape index (κ3) is 3.39. The van der Waals surface area contributed by atoms with Crippen molar-refractivity contribution in [3.8, 4) is 0 Å². The minimum absolute atomic E-state index is 0.586. The van der Waals surface area contributed by atoms with E-state index in [0.717, 1.165) is 24.1 Å². The lowest BCUT2D eigenvalue weighted by atomic mass is 10.0. The van der Waals surface area contributed by atoms with Crippen LogP contribution in [-0.4, -0.2) is 17.4 Å². The van der Waals surface area contributed by atoms with Gasteiger partial charge in [0.1, 0.15) is 5.52 Å². The zero-order valence-corrected chi connectivity index (χ0v) is 11.4. The molecule has 1 N–H and O–H groups in total. The lowest BCUT2D eigenvalue weighted by molar-refractivity contribution is 0.482. The Kier molecular flexibility index (Phi) is 4.88. The van der Waals surface area contributed by atoms with Gasteiger partial charge in [0.05, 0.1) is 0 Å². The molecular formula is C14H19ClN2O. The molecule has 98 valence electrons. The maximum atomic E-state index is 5.81. The van der Waals surface area contributed by atoms with Gasteiger partial charge in [0, 0.05) is 12.4 Å². The lowest BCUT2D eigenvalue weighted by Gasteiger charge is -2.14. The van der Waals surface area contributed by atoms with Gasteiger partial charge in [0.25, 0.3) is 6.01 Å². The first-order valence-electron chi connectivity index (χ1n) is 6.49. The second-order valence-electron chi connectivity index (χ2n) is 4.50. The third-order valence-corrected chi connectivity index (χ3v) is 3.27. The summed E-state index contributed by atoms with van der Waals surface area (Å²) in [7, 11) is 0. The number of halogens is 1. The number of fused-ring (bicyclic) bond motifs is 1. The molecule has 3 nitrogen and oxygen atoms in total. The van der Waals surface area contributed by atoms with Crippen molar-refractivity contribution in [2.45, 2.75) is 26.2 Å². The van der Waals surface area contributed by atoms with Gasteiger partial charge < -0.3 is 9.73 Å². The van der Waals surface area contributed by atoms with Crippen molar-refractivity contribution >= 4 is 28.7 Å².